The smallest absolute Gasteiger partial charge is 0.0491 e. The second kappa shape index (κ2) is 8.06. The molecule has 102 valence electrons. The second-order valence-corrected chi connectivity index (χ2v) is 5.61. The first-order chi connectivity index (χ1) is 8.17. The van der Waals surface area contributed by atoms with Gasteiger partial charge < -0.3 is 15.0 Å². The number of nitrogens with one attached hydrogen (secondary N) is 1. The van der Waals surface area contributed by atoms with Crippen LogP contribution in [0, 0.1) is 11.8 Å². The Labute approximate surface area is 107 Å². The van der Waals surface area contributed by atoms with Crippen LogP contribution in [-0.2, 0) is 4.74 Å². The molecule has 0 radical (unpaired) electrons. The molecule has 3 heteroatoms. The molecule has 1 rings (SSSR count). The summed E-state index contributed by atoms with van der Waals surface area (Å²) in [5, 5.41) is 3.60. The van der Waals surface area contributed by atoms with Crippen LogP contribution in [0.15, 0.2) is 0 Å². The highest BCUT2D eigenvalue weighted by molar-refractivity contribution is 4.78. The molecule has 0 amide bonds. The lowest BCUT2D eigenvalue weighted by atomic mass is 9.96. The first kappa shape index (κ1) is 14.9. The van der Waals surface area contributed by atoms with Crippen molar-refractivity contribution in [2.45, 2.75) is 39.7 Å². The van der Waals surface area contributed by atoms with Crippen LogP contribution in [0.2, 0.25) is 0 Å². The third kappa shape index (κ3) is 5.36. The van der Waals surface area contributed by atoms with E-state index in [-0.39, 0.29) is 0 Å². The fourth-order valence-electron chi connectivity index (χ4n) is 2.62. The van der Waals surface area contributed by atoms with Gasteiger partial charge in [0, 0.05) is 26.3 Å². The van der Waals surface area contributed by atoms with E-state index in [1.54, 1.807) is 0 Å². The number of likely N-dealkylation sites (N-methyl/N-ethyl adjacent to an activating group) is 1. The lowest BCUT2D eigenvalue weighted by Gasteiger charge is -2.35. The van der Waals surface area contributed by atoms with Crippen LogP contribution in [-0.4, -0.2) is 50.8 Å². The third-order valence-electron chi connectivity index (χ3n) is 3.84. The Bertz CT molecular complexity index is 189. The van der Waals surface area contributed by atoms with E-state index in [0.717, 1.165) is 19.1 Å². The molecule has 1 atom stereocenters. The van der Waals surface area contributed by atoms with Gasteiger partial charge in [0.1, 0.15) is 0 Å². The highest BCUT2D eigenvalue weighted by Gasteiger charge is 2.22. The zero-order chi connectivity index (χ0) is 12.7. The van der Waals surface area contributed by atoms with E-state index in [9.17, 15) is 0 Å². The monoisotopic (exact) mass is 242 g/mol. The molecule has 3 nitrogen and oxygen atoms in total. The maximum Gasteiger partial charge on any atom is 0.0491 e. The van der Waals surface area contributed by atoms with Crippen molar-refractivity contribution < 1.29 is 4.74 Å². The van der Waals surface area contributed by atoms with Crippen molar-refractivity contribution in [2.75, 3.05) is 39.9 Å². The summed E-state index contributed by atoms with van der Waals surface area (Å²) in [5.74, 6) is 1.50. The molecule has 1 fully saturated rings. The predicted octanol–water partition coefficient (Wildman–Crippen LogP) is 1.98. The molecular weight excluding hydrogens is 212 g/mol. The first-order valence-electron chi connectivity index (χ1n) is 7.12. The summed E-state index contributed by atoms with van der Waals surface area (Å²) in [6.45, 7) is 12.5. The van der Waals surface area contributed by atoms with Crippen molar-refractivity contribution in [3.05, 3.63) is 0 Å². The van der Waals surface area contributed by atoms with Crippen LogP contribution in [0.4, 0.5) is 0 Å². The van der Waals surface area contributed by atoms with Crippen molar-refractivity contribution in [3.63, 3.8) is 0 Å². The van der Waals surface area contributed by atoms with E-state index in [0.29, 0.717) is 12.0 Å². The largest absolute Gasteiger partial charge is 0.384 e. The average molecular weight is 242 g/mol. The topological polar surface area (TPSA) is 24.5 Å². The molecule has 17 heavy (non-hydrogen) atoms. The lowest BCUT2D eigenvalue weighted by Crippen LogP contribution is -2.47. The third-order valence-corrected chi connectivity index (χ3v) is 3.84. The Morgan fingerprint density at radius 3 is 2.41 bits per heavy atom. The predicted molar refractivity (Wildman–Crippen MR) is 73.3 cm³/mol. The van der Waals surface area contributed by atoms with E-state index >= 15 is 0 Å². The van der Waals surface area contributed by atoms with Gasteiger partial charge >= 0.3 is 0 Å². The number of likely N-dealkylation sites (tertiary alicyclic amines) is 1. The molecule has 0 aromatic heterocycles. The maximum atomic E-state index is 5.24. The van der Waals surface area contributed by atoms with Crippen molar-refractivity contribution >= 4 is 0 Å². The number of nitrogens with zero attached hydrogens (tertiary/aromatic N) is 1. The summed E-state index contributed by atoms with van der Waals surface area (Å²) < 4.78 is 5.24. The normalized spacial score (nSPS) is 21.0. The van der Waals surface area contributed by atoms with Crippen LogP contribution in [0.25, 0.3) is 0 Å². The molecule has 1 N–H and O–H groups in total. The van der Waals surface area contributed by atoms with E-state index < -0.39 is 0 Å². The fraction of sp³-hybridized carbons (Fsp3) is 1.00. The quantitative estimate of drug-likeness (QED) is 0.739. The Morgan fingerprint density at radius 2 is 1.94 bits per heavy atom. The summed E-state index contributed by atoms with van der Waals surface area (Å²) in [7, 11) is 1.81. The Kier molecular flexibility index (Phi) is 7.09. The number of piperidine rings is 1. The number of methoxy groups -OCH3 is 1. The van der Waals surface area contributed by atoms with Gasteiger partial charge in [-0.3, -0.25) is 0 Å². The molecule has 1 aliphatic heterocycles. The fourth-order valence-corrected chi connectivity index (χ4v) is 2.62. The molecule has 0 aromatic carbocycles. The summed E-state index contributed by atoms with van der Waals surface area (Å²) in [6.07, 6.45) is 2.59. The minimum absolute atomic E-state index is 0.638. The van der Waals surface area contributed by atoms with Gasteiger partial charge in [-0.1, -0.05) is 20.8 Å². The standard InChI is InChI=1S/C14H30N2O/c1-5-15-14(12(2)3)10-16-8-6-13(7-9-16)11-17-4/h12-15H,5-11H2,1-4H3. The summed E-state index contributed by atoms with van der Waals surface area (Å²) in [5.41, 5.74) is 0. The first-order valence-corrected chi connectivity index (χ1v) is 7.12. The van der Waals surface area contributed by atoms with Crippen LogP contribution >= 0.6 is 0 Å². The number of hydrogen-bond donors (Lipinski definition) is 1. The van der Waals surface area contributed by atoms with Gasteiger partial charge in [-0.05, 0) is 44.3 Å². The molecule has 1 unspecified atom stereocenters. The van der Waals surface area contributed by atoms with Crippen LogP contribution in [0.1, 0.15) is 33.6 Å². The SMILES string of the molecule is CCNC(CN1CCC(COC)CC1)C(C)C. The van der Waals surface area contributed by atoms with Gasteiger partial charge in [-0.2, -0.15) is 0 Å². The number of hydrogen-bond acceptors (Lipinski definition) is 3. The van der Waals surface area contributed by atoms with Crippen molar-refractivity contribution in [3.8, 4) is 0 Å². The van der Waals surface area contributed by atoms with E-state index in [1.807, 2.05) is 7.11 Å². The summed E-state index contributed by atoms with van der Waals surface area (Å²) >= 11 is 0. The van der Waals surface area contributed by atoms with Crippen molar-refractivity contribution in [1.82, 2.24) is 10.2 Å². The van der Waals surface area contributed by atoms with Gasteiger partial charge in [0.2, 0.25) is 0 Å². The van der Waals surface area contributed by atoms with E-state index in [4.69, 9.17) is 4.74 Å². The molecule has 0 aliphatic carbocycles. The van der Waals surface area contributed by atoms with Crippen LogP contribution in [0.5, 0.6) is 0 Å². The molecule has 0 saturated carbocycles. The summed E-state index contributed by atoms with van der Waals surface area (Å²) in [4.78, 5) is 2.61. The lowest BCUT2D eigenvalue weighted by molar-refractivity contribution is 0.0923. The van der Waals surface area contributed by atoms with Crippen molar-refractivity contribution in [2.24, 2.45) is 11.8 Å². The number of rotatable bonds is 7. The molecular formula is C14H30N2O. The van der Waals surface area contributed by atoms with Gasteiger partial charge in [-0.15, -0.1) is 0 Å². The van der Waals surface area contributed by atoms with E-state index in [2.05, 4.69) is 31.0 Å². The Hall–Kier alpha value is -0.120. The van der Waals surface area contributed by atoms with Gasteiger partial charge in [-0.25, -0.2) is 0 Å². The molecule has 1 saturated heterocycles. The molecule has 1 heterocycles. The maximum absolute atomic E-state index is 5.24. The highest BCUT2D eigenvalue weighted by Crippen LogP contribution is 2.18. The second-order valence-electron chi connectivity index (χ2n) is 5.61. The zero-order valence-electron chi connectivity index (χ0n) is 12.0. The van der Waals surface area contributed by atoms with Gasteiger partial charge in [0.15, 0.2) is 0 Å². The summed E-state index contributed by atoms with van der Waals surface area (Å²) in [6, 6.07) is 0.638. The van der Waals surface area contributed by atoms with E-state index in [1.165, 1.54) is 32.5 Å². The Morgan fingerprint density at radius 1 is 1.29 bits per heavy atom. The van der Waals surface area contributed by atoms with Crippen LogP contribution in [0.3, 0.4) is 0 Å². The van der Waals surface area contributed by atoms with Crippen molar-refractivity contribution in [1.29, 1.82) is 0 Å². The highest BCUT2D eigenvalue weighted by atomic mass is 16.5. The minimum Gasteiger partial charge on any atom is -0.384 e. The molecule has 0 bridgehead atoms. The van der Waals surface area contributed by atoms with Gasteiger partial charge in [0.25, 0.3) is 0 Å². The Balaban J connectivity index is 2.28. The molecule has 0 aromatic rings. The van der Waals surface area contributed by atoms with Gasteiger partial charge in [0.05, 0.1) is 0 Å². The van der Waals surface area contributed by atoms with Crippen LogP contribution < -0.4 is 5.32 Å². The molecule has 0 spiro atoms. The molecule has 1 aliphatic rings. The average Bonchev–Trinajstić information content (AvgIpc) is 2.31. The number of ether oxygens (including phenoxy) is 1. The zero-order valence-corrected chi connectivity index (χ0v) is 12.0. The minimum atomic E-state index is 0.638.